The molecular weight excluding hydrogens is 246 g/mol. The number of aromatic nitrogens is 1. The Morgan fingerprint density at radius 1 is 1.33 bits per heavy atom. The van der Waals surface area contributed by atoms with Crippen LogP contribution in [0.15, 0.2) is 21.2 Å². The maximum Gasteiger partial charge on any atom is 0.0501 e. The van der Waals surface area contributed by atoms with E-state index in [1.807, 2.05) is 13.0 Å². The molecule has 0 aliphatic rings. The van der Waals surface area contributed by atoms with Gasteiger partial charge in [0, 0.05) is 16.4 Å². The first-order chi connectivity index (χ1) is 4.20. The van der Waals surface area contributed by atoms with Crippen molar-refractivity contribution in [1.82, 2.24) is 4.98 Å². The molecule has 1 heterocycles. The Labute approximate surface area is 70.8 Å². The molecular formula is C6H5Br2N. The Morgan fingerprint density at radius 2 is 2.00 bits per heavy atom. The first-order valence-electron chi connectivity index (χ1n) is 2.48. The van der Waals surface area contributed by atoms with Crippen LogP contribution in [0.25, 0.3) is 0 Å². The van der Waals surface area contributed by atoms with E-state index in [0.29, 0.717) is 0 Å². The Bertz CT molecular complexity index is 222. The van der Waals surface area contributed by atoms with Crippen LogP contribution in [0.3, 0.4) is 0 Å². The molecule has 1 aromatic rings. The average Bonchev–Trinajstić information content (AvgIpc) is 1.80. The fourth-order valence-corrected chi connectivity index (χ4v) is 1.16. The molecule has 0 aliphatic heterocycles. The molecule has 0 amide bonds. The fourth-order valence-electron chi connectivity index (χ4n) is 0.510. The van der Waals surface area contributed by atoms with Crippen molar-refractivity contribution in [3.8, 4) is 0 Å². The molecule has 0 bridgehead atoms. The second kappa shape index (κ2) is 2.80. The van der Waals surface area contributed by atoms with Crippen molar-refractivity contribution in [2.24, 2.45) is 0 Å². The van der Waals surface area contributed by atoms with Crippen LogP contribution in [-0.2, 0) is 0 Å². The molecule has 0 radical (unpaired) electrons. The predicted octanol–water partition coefficient (Wildman–Crippen LogP) is 2.92. The summed E-state index contributed by atoms with van der Waals surface area (Å²) in [5.74, 6) is 0. The van der Waals surface area contributed by atoms with E-state index in [4.69, 9.17) is 0 Å². The molecule has 1 nitrogen and oxygen atoms in total. The number of hydrogen-bond acceptors (Lipinski definition) is 1. The van der Waals surface area contributed by atoms with Crippen LogP contribution in [0.4, 0.5) is 0 Å². The van der Waals surface area contributed by atoms with Crippen molar-refractivity contribution < 1.29 is 0 Å². The molecule has 48 valence electrons. The van der Waals surface area contributed by atoms with Gasteiger partial charge in [-0.25, -0.2) is 0 Å². The molecule has 1 aromatic heterocycles. The Hall–Kier alpha value is 0.110. The summed E-state index contributed by atoms with van der Waals surface area (Å²) < 4.78 is 2.04. The quantitative estimate of drug-likeness (QED) is 0.690. The van der Waals surface area contributed by atoms with E-state index in [0.717, 1.165) is 14.6 Å². The van der Waals surface area contributed by atoms with E-state index in [-0.39, 0.29) is 0 Å². The molecule has 0 aromatic carbocycles. The summed E-state index contributed by atoms with van der Waals surface area (Å²) in [7, 11) is 0. The lowest BCUT2D eigenvalue weighted by molar-refractivity contribution is 1.18. The van der Waals surface area contributed by atoms with Gasteiger partial charge in [-0.15, -0.1) is 0 Å². The SMILES string of the molecule is Cc1cc(Br)c(Br)cn1. The third-order valence-corrected chi connectivity index (χ3v) is 2.77. The number of hydrogen-bond donors (Lipinski definition) is 0. The minimum absolute atomic E-state index is 0.994. The smallest absolute Gasteiger partial charge is 0.0501 e. The van der Waals surface area contributed by atoms with Crippen LogP contribution in [0.2, 0.25) is 0 Å². The lowest BCUT2D eigenvalue weighted by Crippen LogP contribution is -1.78. The van der Waals surface area contributed by atoms with Gasteiger partial charge in [0.1, 0.15) is 0 Å². The van der Waals surface area contributed by atoms with E-state index < -0.39 is 0 Å². The van der Waals surface area contributed by atoms with E-state index >= 15 is 0 Å². The first kappa shape index (κ1) is 7.22. The second-order valence-electron chi connectivity index (χ2n) is 1.74. The number of halogens is 2. The monoisotopic (exact) mass is 249 g/mol. The van der Waals surface area contributed by atoms with Crippen molar-refractivity contribution in [3.05, 3.63) is 26.9 Å². The predicted molar refractivity (Wildman–Crippen MR) is 44.4 cm³/mol. The van der Waals surface area contributed by atoms with Crippen LogP contribution >= 0.6 is 31.9 Å². The molecule has 0 saturated carbocycles. The van der Waals surface area contributed by atoms with E-state index in [2.05, 4.69) is 36.8 Å². The minimum atomic E-state index is 0.994. The molecule has 1 rings (SSSR count). The van der Waals surface area contributed by atoms with Crippen molar-refractivity contribution in [1.29, 1.82) is 0 Å². The van der Waals surface area contributed by atoms with Crippen LogP contribution in [0, 0.1) is 6.92 Å². The second-order valence-corrected chi connectivity index (χ2v) is 3.45. The van der Waals surface area contributed by atoms with Gasteiger partial charge in [0.15, 0.2) is 0 Å². The van der Waals surface area contributed by atoms with Crippen molar-refractivity contribution in [2.45, 2.75) is 6.92 Å². The van der Waals surface area contributed by atoms with Gasteiger partial charge in [-0.05, 0) is 44.8 Å². The molecule has 0 fully saturated rings. The highest BCUT2D eigenvalue weighted by Gasteiger charge is 1.93. The molecule has 0 atom stereocenters. The van der Waals surface area contributed by atoms with Gasteiger partial charge < -0.3 is 0 Å². The van der Waals surface area contributed by atoms with Gasteiger partial charge in [0.2, 0.25) is 0 Å². The topological polar surface area (TPSA) is 12.9 Å². The fraction of sp³-hybridized carbons (Fsp3) is 0.167. The summed E-state index contributed by atoms with van der Waals surface area (Å²) in [4.78, 5) is 4.06. The van der Waals surface area contributed by atoms with Crippen LogP contribution < -0.4 is 0 Å². The normalized spacial score (nSPS) is 9.67. The number of nitrogens with zero attached hydrogens (tertiary/aromatic N) is 1. The largest absolute Gasteiger partial charge is 0.260 e. The molecule has 3 heteroatoms. The summed E-state index contributed by atoms with van der Waals surface area (Å²) in [6, 6.07) is 1.96. The average molecular weight is 251 g/mol. The highest BCUT2D eigenvalue weighted by molar-refractivity contribution is 9.13. The molecule has 9 heavy (non-hydrogen) atoms. The zero-order chi connectivity index (χ0) is 6.85. The Morgan fingerprint density at radius 3 is 2.44 bits per heavy atom. The molecule has 0 spiro atoms. The van der Waals surface area contributed by atoms with Crippen LogP contribution in [-0.4, -0.2) is 4.98 Å². The van der Waals surface area contributed by atoms with Crippen LogP contribution in [0.5, 0.6) is 0 Å². The summed E-state index contributed by atoms with van der Waals surface area (Å²) in [5.41, 5.74) is 1.02. The van der Waals surface area contributed by atoms with Gasteiger partial charge in [0.05, 0.1) is 4.47 Å². The third kappa shape index (κ3) is 1.76. The Kier molecular flexibility index (Phi) is 2.24. The minimum Gasteiger partial charge on any atom is -0.260 e. The molecule has 0 saturated heterocycles. The number of pyridine rings is 1. The van der Waals surface area contributed by atoms with Crippen molar-refractivity contribution in [3.63, 3.8) is 0 Å². The zero-order valence-corrected chi connectivity index (χ0v) is 8.03. The lowest BCUT2D eigenvalue weighted by Gasteiger charge is -1.94. The maximum atomic E-state index is 4.06. The molecule has 0 aliphatic carbocycles. The first-order valence-corrected chi connectivity index (χ1v) is 4.06. The Balaban J connectivity index is 3.17. The summed E-state index contributed by atoms with van der Waals surface area (Å²) in [6.07, 6.45) is 1.78. The van der Waals surface area contributed by atoms with E-state index in [1.54, 1.807) is 6.20 Å². The molecule has 0 unspecified atom stereocenters. The maximum absolute atomic E-state index is 4.06. The lowest BCUT2D eigenvalue weighted by atomic mass is 10.4. The van der Waals surface area contributed by atoms with Crippen molar-refractivity contribution in [2.75, 3.05) is 0 Å². The third-order valence-electron chi connectivity index (χ3n) is 0.945. The molecule has 0 N–H and O–H groups in total. The number of rotatable bonds is 0. The van der Waals surface area contributed by atoms with E-state index in [9.17, 15) is 0 Å². The zero-order valence-electron chi connectivity index (χ0n) is 4.86. The van der Waals surface area contributed by atoms with Gasteiger partial charge in [0.25, 0.3) is 0 Å². The van der Waals surface area contributed by atoms with E-state index in [1.165, 1.54) is 0 Å². The standard InChI is InChI=1S/C6H5Br2N/c1-4-2-5(7)6(8)3-9-4/h2-3H,1H3. The van der Waals surface area contributed by atoms with Gasteiger partial charge in [-0.2, -0.15) is 0 Å². The summed E-state index contributed by atoms with van der Waals surface area (Å²) in [6.45, 7) is 1.96. The highest BCUT2D eigenvalue weighted by Crippen LogP contribution is 2.21. The summed E-state index contributed by atoms with van der Waals surface area (Å²) >= 11 is 6.68. The highest BCUT2D eigenvalue weighted by atomic mass is 79.9. The summed E-state index contributed by atoms with van der Waals surface area (Å²) in [5, 5.41) is 0. The van der Waals surface area contributed by atoms with Gasteiger partial charge in [-0.1, -0.05) is 0 Å². The number of aryl methyl sites for hydroxylation is 1. The van der Waals surface area contributed by atoms with Gasteiger partial charge in [-0.3, -0.25) is 4.98 Å². The van der Waals surface area contributed by atoms with Crippen LogP contribution in [0.1, 0.15) is 5.69 Å². The van der Waals surface area contributed by atoms with Gasteiger partial charge >= 0.3 is 0 Å². The van der Waals surface area contributed by atoms with Crippen molar-refractivity contribution >= 4 is 31.9 Å².